The SMILES string of the molecule is CSc1ccc([C@@H]2C3=C(C[C@H](C)CC3=O)Nc3nc(C)nn32)cc1. The summed E-state index contributed by atoms with van der Waals surface area (Å²) in [6, 6.07) is 8.20. The molecule has 2 heterocycles. The molecule has 0 fully saturated rings. The van der Waals surface area contributed by atoms with Crippen LogP contribution in [0.5, 0.6) is 0 Å². The van der Waals surface area contributed by atoms with Crippen molar-refractivity contribution in [2.45, 2.75) is 37.6 Å². The summed E-state index contributed by atoms with van der Waals surface area (Å²) in [5.41, 5.74) is 2.94. The molecule has 0 saturated heterocycles. The van der Waals surface area contributed by atoms with Gasteiger partial charge in [-0.25, -0.2) is 4.68 Å². The van der Waals surface area contributed by atoms with Crippen molar-refractivity contribution in [2.75, 3.05) is 11.6 Å². The van der Waals surface area contributed by atoms with Gasteiger partial charge in [-0.05, 0) is 43.2 Å². The summed E-state index contributed by atoms with van der Waals surface area (Å²) < 4.78 is 1.86. The van der Waals surface area contributed by atoms with Gasteiger partial charge in [0.25, 0.3) is 0 Å². The maximum absolute atomic E-state index is 12.8. The number of carbonyl (C=O) groups is 1. The number of fused-ring (bicyclic) bond motifs is 1. The van der Waals surface area contributed by atoms with Crippen LogP contribution in [0.2, 0.25) is 0 Å². The number of aryl methyl sites for hydroxylation is 1. The van der Waals surface area contributed by atoms with E-state index in [-0.39, 0.29) is 11.8 Å². The molecule has 5 nitrogen and oxygen atoms in total. The number of rotatable bonds is 2. The van der Waals surface area contributed by atoms with Crippen molar-refractivity contribution in [3.8, 4) is 0 Å². The Kier molecular flexibility index (Phi) is 3.72. The normalized spacial score (nSPS) is 22.9. The van der Waals surface area contributed by atoms with E-state index in [1.165, 1.54) is 4.90 Å². The number of allylic oxidation sites excluding steroid dienone is 2. The van der Waals surface area contributed by atoms with Crippen molar-refractivity contribution in [2.24, 2.45) is 5.92 Å². The Labute approximate surface area is 145 Å². The summed E-state index contributed by atoms with van der Waals surface area (Å²) >= 11 is 1.71. The van der Waals surface area contributed by atoms with Crippen LogP contribution in [0.1, 0.15) is 37.2 Å². The van der Waals surface area contributed by atoms with Crippen LogP contribution in [0.15, 0.2) is 40.4 Å². The van der Waals surface area contributed by atoms with Crippen LogP contribution >= 0.6 is 11.8 Å². The fraction of sp³-hybridized carbons (Fsp3) is 0.389. The molecule has 0 unspecified atom stereocenters. The third kappa shape index (κ3) is 2.45. The molecule has 6 heteroatoms. The topological polar surface area (TPSA) is 59.8 Å². The van der Waals surface area contributed by atoms with Crippen LogP contribution in [0.3, 0.4) is 0 Å². The van der Waals surface area contributed by atoms with Gasteiger partial charge in [0.05, 0.1) is 0 Å². The second-order valence-corrected chi connectivity index (χ2v) is 7.44. The van der Waals surface area contributed by atoms with Gasteiger partial charge in [-0.15, -0.1) is 11.8 Å². The first-order chi connectivity index (χ1) is 11.6. The molecule has 4 rings (SSSR count). The summed E-state index contributed by atoms with van der Waals surface area (Å²) in [4.78, 5) is 18.5. The maximum atomic E-state index is 12.8. The number of ketones is 1. The number of nitrogens with one attached hydrogen (secondary N) is 1. The van der Waals surface area contributed by atoms with Crippen molar-refractivity contribution in [3.63, 3.8) is 0 Å². The number of carbonyl (C=O) groups excluding carboxylic acids is 1. The molecular weight excluding hydrogens is 320 g/mol. The van der Waals surface area contributed by atoms with Crippen molar-refractivity contribution in [3.05, 3.63) is 46.9 Å². The Bertz CT molecular complexity index is 837. The molecule has 1 N–H and O–H groups in total. The van der Waals surface area contributed by atoms with Crippen molar-refractivity contribution in [1.29, 1.82) is 0 Å². The van der Waals surface area contributed by atoms with Crippen LogP contribution in [-0.2, 0) is 4.79 Å². The van der Waals surface area contributed by atoms with Crippen LogP contribution < -0.4 is 5.32 Å². The lowest BCUT2D eigenvalue weighted by molar-refractivity contribution is -0.117. The van der Waals surface area contributed by atoms with Gasteiger partial charge in [-0.2, -0.15) is 10.1 Å². The molecule has 0 saturated carbocycles. The molecule has 0 bridgehead atoms. The molecule has 2 aromatic rings. The molecule has 24 heavy (non-hydrogen) atoms. The van der Waals surface area contributed by atoms with Crippen LogP contribution in [0, 0.1) is 12.8 Å². The highest BCUT2D eigenvalue weighted by Crippen LogP contribution is 2.41. The first-order valence-corrected chi connectivity index (χ1v) is 9.39. The van der Waals surface area contributed by atoms with Crippen LogP contribution in [-0.4, -0.2) is 26.8 Å². The Morgan fingerprint density at radius 1 is 1.25 bits per heavy atom. The van der Waals surface area contributed by atoms with E-state index >= 15 is 0 Å². The minimum Gasteiger partial charge on any atom is -0.328 e. The Balaban J connectivity index is 1.87. The number of anilines is 1. The lowest BCUT2D eigenvalue weighted by Crippen LogP contribution is -2.33. The first-order valence-electron chi connectivity index (χ1n) is 8.17. The summed E-state index contributed by atoms with van der Waals surface area (Å²) in [6.07, 6.45) is 3.54. The fourth-order valence-corrected chi connectivity index (χ4v) is 4.02. The van der Waals surface area contributed by atoms with Crippen molar-refractivity contribution < 1.29 is 4.79 Å². The molecular formula is C18H20N4OS. The average Bonchev–Trinajstić information content (AvgIpc) is 2.92. The minimum atomic E-state index is -0.187. The molecule has 2 atom stereocenters. The molecule has 0 spiro atoms. The minimum absolute atomic E-state index is 0.187. The quantitative estimate of drug-likeness (QED) is 0.847. The predicted molar refractivity (Wildman–Crippen MR) is 95.2 cm³/mol. The number of aromatic nitrogens is 3. The predicted octanol–water partition coefficient (Wildman–Crippen LogP) is 3.58. The van der Waals surface area contributed by atoms with Gasteiger partial charge in [-0.3, -0.25) is 4.79 Å². The first kappa shape index (κ1) is 15.4. The van der Waals surface area contributed by atoms with E-state index in [9.17, 15) is 4.79 Å². The van der Waals surface area contributed by atoms with E-state index in [1.807, 2.05) is 11.6 Å². The Hall–Kier alpha value is -2.08. The summed E-state index contributed by atoms with van der Waals surface area (Å²) in [5, 5.41) is 7.89. The largest absolute Gasteiger partial charge is 0.328 e. The number of benzene rings is 1. The van der Waals surface area contributed by atoms with Gasteiger partial charge >= 0.3 is 0 Å². The highest BCUT2D eigenvalue weighted by Gasteiger charge is 2.38. The smallest absolute Gasteiger partial charge is 0.226 e. The van der Waals surface area contributed by atoms with Gasteiger partial charge in [0.15, 0.2) is 5.78 Å². The fourth-order valence-electron chi connectivity index (χ4n) is 3.61. The third-order valence-corrected chi connectivity index (χ3v) is 5.40. The second-order valence-electron chi connectivity index (χ2n) is 6.56. The standard InChI is InChI=1S/C18H20N4OS/c1-10-8-14-16(15(23)9-10)17(12-4-6-13(24-3)7-5-12)22-18(20-14)19-11(2)21-22/h4-7,10,17H,8-9H2,1-3H3,(H,19,20,21)/t10-,17+/m0/s1. The van der Waals surface area contributed by atoms with Crippen LogP contribution in [0.4, 0.5) is 5.95 Å². The van der Waals surface area contributed by atoms with Crippen LogP contribution in [0.25, 0.3) is 0 Å². The number of Topliss-reactive ketones (excluding diaryl/α,β-unsaturated/α-hetero) is 1. The molecule has 1 aliphatic heterocycles. The van der Waals surface area contributed by atoms with E-state index in [2.05, 4.69) is 52.8 Å². The number of hydrogen-bond donors (Lipinski definition) is 1. The molecule has 0 radical (unpaired) electrons. The Morgan fingerprint density at radius 3 is 2.71 bits per heavy atom. The molecule has 1 aliphatic carbocycles. The average molecular weight is 340 g/mol. The van der Waals surface area contributed by atoms with E-state index < -0.39 is 0 Å². The lowest BCUT2D eigenvalue weighted by atomic mass is 9.81. The molecule has 2 aliphatic rings. The maximum Gasteiger partial charge on any atom is 0.226 e. The zero-order chi connectivity index (χ0) is 16.8. The highest BCUT2D eigenvalue weighted by molar-refractivity contribution is 7.98. The van der Waals surface area contributed by atoms with E-state index in [1.54, 1.807) is 11.8 Å². The molecule has 0 amide bonds. The summed E-state index contributed by atoms with van der Waals surface area (Å²) in [6.45, 7) is 4.00. The van der Waals surface area contributed by atoms with Crippen molar-refractivity contribution >= 4 is 23.5 Å². The van der Waals surface area contributed by atoms with Gasteiger partial charge in [0, 0.05) is 22.6 Å². The van der Waals surface area contributed by atoms with Crippen molar-refractivity contribution in [1.82, 2.24) is 14.8 Å². The molecule has 124 valence electrons. The highest BCUT2D eigenvalue weighted by atomic mass is 32.2. The lowest BCUT2D eigenvalue weighted by Gasteiger charge is -2.34. The monoisotopic (exact) mass is 340 g/mol. The summed E-state index contributed by atoms with van der Waals surface area (Å²) in [7, 11) is 0. The Morgan fingerprint density at radius 2 is 2.00 bits per heavy atom. The van der Waals surface area contributed by atoms with E-state index in [0.29, 0.717) is 18.2 Å². The number of thioether (sulfide) groups is 1. The molecule has 1 aromatic heterocycles. The molecule has 1 aromatic carbocycles. The third-order valence-electron chi connectivity index (χ3n) is 4.66. The van der Waals surface area contributed by atoms with E-state index in [4.69, 9.17) is 0 Å². The second kappa shape index (κ2) is 5.77. The van der Waals surface area contributed by atoms with Gasteiger partial charge < -0.3 is 5.32 Å². The van der Waals surface area contributed by atoms with E-state index in [0.717, 1.165) is 29.2 Å². The van der Waals surface area contributed by atoms with Gasteiger partial charge in [0.2, 0.25) is 5.95 Å². The van der Waals surface area contributed by atoms with Gasteiger partial charge in [0.1, 0.15) is 11.9 Å². The van der Waals surface area contributed by atoms with Gasteiger partial charge in [-0.1, -0.05) is 19.1 Å². The number of hydrogen-bond acceptors (Lipinski definition) is 5. The zero-order valence-corrected chi connectivity index (χ0v) is 14.9. The number of nitrogens with zero attached hydrogens (tertiary/aromatic N) is 3. The summed E-state index contributed by atoms with van der Waals surface area (Å²) in [5.74, 6) is 2.02. The zero-order valence-electron chi connectivity index (χ0n) is 14.0.